The lowest BCUT2D eigenvalue weighted by molar-refractivity contribution is 0.620. The number of oxazole rings is 1. The molecule has 0 aliphatic heterocycles. The van der Waals surface area contributed by atoms with Gasteiger partial charge in [0.05, 0.1) is 0 Å². The van der Waals surface area contributed by atoms with Gasteiger partial charge in [-0.3, -0.25) is 0 Å². The molecule has 1 aromatic heterocycles. The molecule has 0 radical (unpaired) electrons. The maximum absolute atomic E-state index is 6.27. The van der Waals surface area contributed by atoms with Crippen molar-refractivity contribution in [3.63, 3.8) is 0 Å². The molecule has 8 aromatic rings. The van der Waals surface area contributed by atoms with Gasteiger partial charge in [-0.1, -0.05) is 117 Å². The van der Waals surface area contributed by atoms with Crippen LogP contribution in [0.2, 0.25) is 0 Å². The Morgan fingerprint density at radius 1 is 0.511 bits per heavy atom. The van der Waals surface area contributed by atoms with E-state index in [4.69, 9.17) is 9.40 Å². The van der Waals surface area contributed by atoms with Crippen LogP contribution < -0.4 is 4.90 Å². The average Bonchev–Trinajstić information content (AvgIpc) is 3.67. The Labute approximate surface area is 274 Å². The van der Waals surface area contributed by atoms with Gasteiger partial charge >= 0.3 is 0 Å². The summed E-state index contributed by atoms with van der Waals surface area (Å²) in [5.74, 6) is 0.624. The first kappa shape index (κ1) is 27.4. The second-order valence-corrected chi connectivity index (χ2v) is 12.8. The Kier molecular flexibility index (Phi) is 6.16. The molecule has 0 atom stereocenters. The highest BCUT2D eigenvalue weighted by Gasteiger charge is 2.35. The van der Waals surface area contributed by atoms with E-state index in [0.717, 1.165) is 44.5 Å². The van der Waals surface area contributed by atoms with E-state index in [1.807, 2.05) is 12.1 Å². The minimum absolute atomic E-state index is 0.0915. The third-order valence-electron chi connectivity index (χ3n) is 9.71. The number of aromatic nitrogens is 1. The van der Waals surface area contributed by atoms with Crippen molar-refractivity contribution in [1.82, 2.24) is 4.98 Å². The van der Waals surface area contributed by atoms with Crippen molar-refractivity contribution in [1.29, 1.82) is 0 Å². The normalized spacial score (nSPS) is 13.1. The number of anilines is 3. The van der Waals surface area contributed by atoms with Crippen molar-refractivity contribution in [2.24, 2.45) is 0 Å². The summed E-state index contributed by atoms with van der Waals surface area (Å²) >= 11 is 0. The molecule has 7 aromatic carbocycles. The van der Waals surface area contributed by atoms with E-state index in [1.165, 1.54) is 33.4 Å². The fraction of sp³-hybridized carbons (Fsp3) is 0.0682. The summed E-state index contributed by atoms with van der Waals surface area (Å²) in [6, 6.07) is 56.1. The molecule has 0 bridgehead atoms. The third kappa shape index (κ3) is 4.46. The van der Waals surface area contributed by atoms with Crippen LogP contribution in [0.5, 0.6) is 0 Å². The summed E-state index contributed by atoms with van der Waals surface area (Å²) in [4.78, 5) is 7.28. The zero-order chi connectivity index (χ0) is 31.5. The molecule has 1 aliphatic rings. The first-order chi connectivity index (χ1) is 23.0. The fourth-order valence-electron chi connectivity index (χ4n) is 7.25. The first-order valence-electron chi connectivity index (χ1n) is 16.1. The summed E-state index contributed by atoms with van der Waals surface area (Å²) in [6.07, 6.45) is 0. The van der Waals surface area contributed by atoms with Crippen LogP contribution in [0.25, 0.3) is 55.6 Å². The van der Waals surface area contributed by atoms with Crippen molar-refractivity contribution in [3.05, 3.63) is 169 Å². The molecule has 0 fully saturated rings. The number of nitrogens with zero attached hydrogens (tertiary/aromatic N) is 2. The molecule has 0 spiro atoms. The molecule has 224 valence electrons. The van der Waals surface area contributed by atoms with E-state index in [0.29, 0.717) is 5.89 Å². The van der Waals surface area contributed by atoms with E-state index < -0.39 is 0 Å². The lowest BCUT2D eigenvalue weighted by Crippen LogP contribution is -2.16. The van der Waals surface area contributed by atoms with Gasteiger partial charge in [0, 0.05) is 33.4 Å². The van der Waals surface area contributed by atoms with Crippen molar-refractivity contribution in [3.8, 4) is 33.7 Å². The summed E-state index contributed by atoms with van der Waals surface area (Å²) in [7, 11) is 0. The smallest absolute Gasteiger partial charge is 0.227 e. The van der Waals surface area contributed by atoms with E-state index in [2.05, 4.69) is 164 Å². The van der Waals surface area contributed by atoms with Gasteiger partial charge in [0.25, 0.3) is 0 Å². The van der Waals surface area contributed by atoms with Crippen LogP contribution >= 0.6 is 0 Å². The maximum Gasteiger partial charge on any atom is 0.227 e. The molecule has 9 rings (SSSR count). The summed E-state index contributed by atoms with van der Waals surface area (Å²) in [6.45, 7) is 4.66. The van der Waals surface area contributed by atoms with E-state index in [1.54, 1.807) is 0 Å². The lowest BCUT2D eigenvalue weighted by Gasteiger charge is -2.28. The van der Waals surface area contributed by atoms with Crippen LogP contribution in [0.3, 0.4) is 0 Å². The standard InChI is InChI=1S/C44H32N2O/c1-44(2)39-15-9-8-14-37(39)38-26-25-35(28-40(38)44)46(33-21-16-30(17-22-33)29-10-4-3-5-11-29)34-23-18-32(19-24-34)43-45-42-36-13-7-6-12-31(36)20-27-41(42)47-43/h3-28H,1-2H3. The predicted octanol–water partition coefficient (Wildman–Crippen LogP) is 12.1. The quantitative estimate of drug-likeness (QED) is 0.196. The molecule has 3 heteroatoms. The van der Waals surface area contributed by atoms with Crippen LogP contribution in [0, 0.1) is 0 Å². The molecule has 0 N–H and O–H groups in total. The van der Waals surface area contributed by atoms with E-state index in [9.17, 15) is 0 Å². The Morgan fingerprint density at radius 2 is 1.13 bits per heavy atom. The second kappa shape index (κ2) is 10.6. The fourth-order valence-corrected chi connectivity index (χ4v) is 7.25. The molecule has 47 heavy (non-hydrogen) atoms. The molecular formula is C44H32N2O. The van der Waals surface area contributed by atoms with E-state index in [-0.39, 0.29) is 5.41 Å². The Balaban J connectivity index is 1.14. The van der Waals surface area contributed by atoms with Crippen molar-refractivity contribution >= 4 is 38.9 Å². The number of hydrogen-bond acceptors (Lipinski definition) is 3. The Morgan fingerprint density at radius 3 is 1.91 bits per heavy atom. The second-order valence-electron chi connectivity index (χ2n) is 12.8. The van der Waals surface area contributed by atoms with Crippen molar-refractivity contribution < 1.29 is 4.42 Å². The molecule has 0 saturated carbocycles. The zero-order valence-corrected chi connectivity index (χ0v) is 26.3. The molecule has 0 saturated heterocycles. The highest BCUT2D eigenvalue weighted by molar-refractivity contribution is 6.04. The largest absolute Gasteiger partial charge is 0.436 e. The summed E-state index contributed by atoms with van der Waals surface area (Å²) < 4.78 is 6.27. The van der Waals surface area contributed by atoms with Gasteiger partial charge < -0.3 is 9.32 Å². The minimum atomic E-state index is -0.0915. The van der Waals surface area contributed by atoms with Gasteiger partial charge in [-0.25, -0.2) is 4.98 Å². The highest BCUT2D eigenvalue weighted by Crippen LogP contribution is 2.50. The minimum Gasteiger partial charge on any atom is -0.436 e. The maximum atomic E-state index is 6.27. The SMILES string of the molecule is CC1(C)c2ccccc2-c2ccc(N(c3ccc(-c4ccccc4)cc3)c3ccc(-c4nc5c(ccc6ccccc65)o4)cc3)cc21. The van der Waals surface area contributed by atoms with Gasteiger partial charge in [-0.15, -0.1) is 0 Å². The monoisotopic (exact) mass is 604 g/mol. The van der Waals surface area contributed by atoms with Gasteiger partial charge in [-0.05, 0) is 93.4 Å². The van der Waals surface area contributed by atoms with Crippen molar-refractivity contribution in [2.45, 2.75) is 19.3 Å². The highest BCUT2D eigenvalue weighted by atomic mass is 16.3. The number of fused-ring (bicyclic) bond motifs is 6. The van der Waals surface area contributed by atoms with Crippen LogP contribution in [0.4, 0.5) is 17.1 Å². The number of hydrogen-bond donors (Lipinski definition) is 0. The third-order valence-corrected chi connectivity index (χ3v) is 9.71. The van der Waals surface area contributed by atoms with Gasteiger partial charge in [0.15, 0.2) is 5.58 Å². The molecule has 1 heterocycles. The van der Waals surface area contributed by atoms with Crippen molar-refractivity contribution in [2.75, 3.05) is 4.90 Å². The summed E-state index contributed by atoms with van der Waals surface area (Å²) in [5, 5.41) is 2.26. The van der Waals surface area contributed by atoms with Crippen LogP contribution in [-0.4, -0.2) is 4.98 Å². The van der Waals surface area contributed by atoms with Gasteiger partial charge in [0.2, 0.25) is 5.89 Å². The average molecular weight is 605 g/mol. The zero-order valence-electron chi connectivity index (χ0n) is 26.3. The molecular weight excluding hydrogens is 572 g/mol. The van der Waals surface area contributed by atoms with Crippen LogP contribution in [0.15, 0.2) is 162 Å². The van der Waals surface area contributed by atoms with Gasteiger partial charge in [0.1, 0.15) is 5.52 Å². The molecule has 3 nitrogen and oxygen atoms in total. The first-order valence-corrected chi connectivity index (χ1v) is 16.1. The van der Waals surface area contributed by atoms with Crippen LogP contribution in [0.1, 0.15) is 25.0 Å². The summed E-state index contributed by atoms with van der Waals surface area (Å²) in [5.41, 5.74) is 13.6. The number of rotatable bonds is 5. The number of benzene rings is 7. The molecule has 1 aliphatic carbocycles. The predicted molar refractivity (Wildman–Crippen MR) is 195 cm³/mol. The van der Waals surface area contributed by atoms with Gasteiger partial charge in [-0.2, -0.15) is 0 Å². The Hall–Kier alpha value is -5.93. The van der Waals surface area contributed by atoms with E-state index >= 15 is 0 Å². The lowest BCUT2D eigenvalue weighted by atomic mass is 9.82. The molecule has 0 unspecified atom stereocenters. The molecule has 0 amide bonds. The Bertz CT molecular complexity index is 2420. The van der Waals surface area contributed by atoms with Crippen LogP contribution in [-0.2, 0) is 5.41 Å². The topological polar surface area (TPSA) is 29.3 Å².